The van der Waals surface area contributed by atoms with Crippen LogP contribution in [0.3, 0.4) is 0 Å². The quantitative estimate of drug-likeness (QED) is 0.450. The number of aromatic nitrogens is 2. The van der Waals surface area contributed by atoms with Crippen molar-refractivity contribution in [1.82, 2.24) is 9.97 Å². The SMILES string of the molecule is CCN(Cc1cnc(Cl)s1)c1nc(SC)ccc1[N+](=O)[O-]. The zero-order valence-corrected chi connectivity index (χ0v) is 13.8. The van der Waals surface area contributed by atoms with E-state index in [1.54, 1.807) is 12.3 Å². The fourth-order valence-corrected chi connectivity index (χ4v) is 3.17. The van der Waals surface area contributed by atoms with E-state index in [1.807, 2.05) is 18.1 Å². The van der Waals surface area contributed by atoms with E-state index in [2.05, 4.69) is 9.97 Å². The second-order valence-corrected chi connectivity index (χ2v) is 6.57. The molecule has 2 heterocycles. The van der Waals surface area contributed by atoms with Gasteiger partial charge in [-0.25, -0.2) is 9.97 Å². The van der Waals surface area contributed by atoms with Gasteiger partial charge in [-0.3, -0.25) is 10.1 Å². The average molecular weight is 345 g/mol. The summed E-state index contributed by atoms with van der Waals surface area (Å²) in [5.74, 6) is 0.374. The molecular formula is C12H13ClN4O2S2. The first-order valence-corrected chi connectivity index (χ1v) is 8.51. The van der Waals surface area contributed by atoms with Gasteiger partial charge in [0.05, 0.1) is 16.5 Å². The predicted molar refractivity (Wildman–Crippen MR) is 86.5 cm³/mol. The van der Waals surface area contributed by atoms with Crippen molar-refractivity contribution < 1.29 is 4.92 Å². The Kier molecular flexibility index (Phi) is 5.38. The van der Waals surface area contributed by atoms with Gasteiger partial charge in [-0.05, 0) is 19.2 Å². The minimum absolute atomic E-state index is 0.00487. The third-order valence-electron chi connectivity index (χ3n) is 2.79. The molecule has 0 atom stereocenters. The summed E-state index contributed by atoms with van der Waals surface area (Å²) in [6.45, 7) is 3.02. The number of hydrogen-bond acceptors (Lipinski definition) is 7. The summed E-state index contributed by atoms with van der Waals surface area (Å²) in [5.41, 5.74) is 0.00487. The molecule has 0 aliphatic rings. The van der Waals surface area contributed by atoms with Crippen LogP contribution in [0.2, 0.25) is 4.47 Å². The van der Waals surface area contributed by atoms with Crippen molar-refractivity contribution in [2.45, 2.75) is 18.5 Å². The van der Waals surface area contributed by atoms with Crippen molar-refractivity contribution in [1.29, 1.82) is 0 Å². The molecule has 21 heavy (non-hydrogen) atoms. The number of thiazole rings is 1. The molecule has 0 aliphatic carbocycles. The highest BCUT2D eigenvalue weighted by Gasteiger charge is 2.21. The maximum absolute atomic E-state index is 11.2. The predicted octanol–water partition coefficient (Wildman–Crippen LogP) is 3.85. The van der Waals surface area contributed by atoms with Crippen molar-refractivity contribution in [2.75, 3.05) is 17.7 Å². The third kappa shape index (κ3) is 3.84. The second kappa shape index (κ2) is 7.06. The Hall–Kier alpha value is -1.38. The number of nitrogens with zero attached hydrogens (tertiary/aromatic N) is 4. The van der Waals surface area contributed by atoms with Crippen LogP contribution in [0.4, 0.5) is 11.5 Å². The molecule has 6 nitrogen and oxygen atoms in total. The van der Waals surface area contributed by atoms with Crippen LogP contribution in [-0.2, 0) is 6.54 Å². The summed E-state index contributed by atoms with van der Waals surface area (Å²) in [4.78, 5) is 22.0. The Labute approximate surface area is 135 Å². The summed E-state index contributed by atoms with van der Waals surface area (Å²) >= 11 is 8.63. The summed E-state index contributed by atoms with van der Waals surface area (Å²) < 4.78 is 0.460. The van der Waals surface area contributed by atoms with Gasteiger partial charge in [-0.2, -0.15) is 0 Å². The smallest absolute Gasteiger partial charge is 0.311 e. The van der Waals surface area contributed by atoms with Crippen LogP contribution < -0.4 is 4.90 Å². The topological polar surface area (TPSA) is 72.2 Å². The first kappa shape index (κ1) is 16.0. The lowest BCUT2D eigenvalue weighted by molar-refractivity contribution is -0.384. The van der Waals surface area contributed by atoms with Gasteiger partial charge in [-0.1, -0.05) is 11.6 Å². The van der Waals surface area contributed by atoms with Crippen LogP contribution in [0.15, 0.2) is 23.4 Å². The molecule has 2 aromatic heterocycles. The lowest BCUT2D eigenvalue weighted by Gasteiger charge is -2.21. The lowest BCUT2D eigenvalue weighted by atomic mass is 10.3. The number of pyridine rings is 1. The van der Waals surface area contributed by atoms with E-state index in [-0.39, 0.29) is 5.69 Å². The molecule has 2 aromatic rings. The normalized spacial score (nSPS) is 10.6. The maximum Gasteiger partial charge on any atom is 0.311 e. The molecule has 0 amide bonds. The summed E-state index contributed by atoms with van der Waals surface area (Å²) in [7, 11) is 0. The monoisotopic (exact) mass is 344 g/mol. The second-order valence-electron chi connectivity index (χ2n) is 4.05. The number of hydrogen-bond donors (Lipinski definition) is 0. The van der Waals surface area contributed by atoms with Crippen LogP contribution in [0.5, 0.6) is 0 Å². The van der Waals surface area contributed by atoms with Crippen molar-refractivity contribution in [2.24, 2.45) is 0 Å². The molecule has 0 fully saturated rings. The van der Waals surface area contributed by atoms with E-state index in [1.165, 1.54) is 29.2 Å². The molecule has 0 unspecified atom stereocenters. The van der Waals surface area contributed by atoms with Crippen LogP contribution in [0.1, 0.15) is 11.8 Å². The zero-order valence-electron chi connectivity index (χ0n) is 11.4. The summed E-state index contributed by atoms with van der Waals surface area (Å²) in [6.07, 6.45) is 3.57. The lowest BCUT2D eigenvalue weighted by Crippen LogP contribution is -2.23. The van der Waals surface area contributed by atoms with Crippen molar-refractivity contribution in [3.63, 3.8) is 0 Å². The van der Waals surface area contributed by atoms with Crippen LogP contribution in [0.25, 0.3) is 0 Å². The van der Waals surface area contributed by atoms with E-state index in [9.17, 15) is 10.1 Å². The van der Waals surface area contributed by atoms with Gasteiger partial charge in [0.2, 0.25) is 5.82 Å². The minimum atomic E-state index is -0.408. The molecule has 9 heteroatoms. The minimum Gasteiger partial charge on any atom is -0.346 e. The van der Waals surface area contributed by atoms with Gasteiger partial charge >= 0.3 is 5.69 Å². The summed E-state index contributed by atoms with van der Waals surface area (Å²) in [6, 6.07) is 3.15. The summed E-state index contributed by atoms with van der Waals surface area (Å²) in [5, 5.41) is 11.9. The first-order chi connectivity index (χ1) is 10.0. The van der Waals surface area contributed by atoms with Gasteiger partial charge in [0.25, 0.3) is 0 Å². The van der Waals surface area contributed by atoms with Crippen molar-refractivity contribution in [3.8, 4) is 0 Å². The molecule has 0 N–H and O–H groups in total. The van der Waals surface area contributed by atoms with E-state index in [0.29, 0.717) is 23.4 Å². The Balaban J connectivity index is 2.37. The van der Waals surface area contributed by atoms with Gasteiger partial charge in [-0.15, -0.1) is 23.1 Å². The van der Waals surface area contributed by atoms with Crippen molar-refractivity contribution in [3.05, 3.63) is 37.8 Å². The number of halogens is 1. The number of nitro groups is 1. The largest absolute Gasteiger partial charge is 0.346 e. The number of thioether (sulfide) groups is 1. The number of rotatable bonds is 6. The molecule has 0 spiro atoms. The van der Waals surface area contributed by atoms with Crippen LogP contribution in [0, 0.1) is 10.1 Å². The highest BCUT2D eigenvalue weighted by Crippen LogP contribution is 2.30. The first-order valence-electron chi connectivity index (χ1n) is 6.09. The molecule has 112 valence electrons. The molecule has 0 radical (unpaired) electrons. The molecule has 0 aliphatic heterocycles. The Morgan fingerprint density at radius 3 is 2.81 bits per heavy atom. The zero-order chi connectivity index (χ0) is 15.4. The Morgan fingerprint density at radius 1 is 1.52 bits per heavy atom. The fraction of sp³-hybridized carbons (Fsp3) is 0.333. The highest BCUT2D eigenvalue weighted by molar-refractivity contribution is 7.98. The number of anilines is 1. The standard InChI is InChI=1S/C12H13ClN4O2S2/c1-3-16(7-8-6-14-12(13)21-8)11-9(17(18)19)4-5-10(15-11)20-2/h4-6H,3,7H2,1-2H3. The third-order valence-corrected chi connectivity index (χ3v) is 4.53. The van der Waals surface area contributed by atoms with Gasteiger partial charge in [0, 0.05) is 23.7 Å². The van der Waals surface area contributed by atoms with E-state index >= 15 is 0 Å². The van der Waals surface area contributed by atoms with E-state index in [4.69, 9.17) is 11.6 Å². The van der Waals surface area contributed by atoms with Crippen LogP contribution >= 0.6 is 34.7 Å². The molecular weight excluding hydrogens is 332 g/mol. The Morgan fingerprint density at radius 2 is 2.29 bits per heavy atom. The van der Waals surface area contributed by atoms with E-state index < -0.39 is 4.92 Å². The van der Waals surface area contributed by atoms with Crippen LogP contribution in [-0.4, -0.2) is 27.7 Å². The Bertz CT molecular complexity index is 650. The molecule has 0 saturated heterocycles. The molecule has 0 aromatic carbocycles. The highest BCUT2D eigenvalue weighted by atomic mass is 35.5. The van der Waals surface area contributed by atoms with E-state index in [0.717, 1.165) is 9.90 Å². The molecule has 0 saturated carbocycles. The average Bonchev–Trinajstić information content (AvgIpc) is 2.89. The maximum atomic E-state index is 11.2. The molecule has 0 bridgehead atoms. The van der Waals surface area contributed by atoms with Gasteiger partial charge < -0.3 is 4.90 Å². The van der Waals surface area contributed by atoms with Gasteiger partial charge in [0.15, 0.2) is 4.47 Å². The van der Waals surface area contributed by atoms with Gasteiger partial charge in [0.1, 0.15) is 0 Å². The fourth-order valence-electron chi connectivity index (χ4n) is 1.79. The molecule has 2 rings (SSSR count). The van der Waals surface area contributed by atoms with Crippen molar-refractivity contribution >= 4 is 46.2 Å².